The second-order valence-corrected chi connectivity index (χ2v) is 28.2. The van der Waals surface area contributed by atoms with Gasteiger partial charge in [0.25, 0.3) is 0 Å². The Bertz CT molecular complexity index is 2870. The molecular weight excluding hydrogens is 987 g/mol. The fraction of sp³-hybridized carbons (Fsp3) is 0.556. The summed E-state index contributed by atoms with van der Waals surface area (Å²) in [6.45, 7) is 26.9. The molecule has 2 aliphatic carbocycles. The molecule has 0 N–H and O–H groups in total. The van der Waals surface area contributed by atoms with E-state index in [1.807, 2.05) is 0 Å². The van der Waals surface area contributed by atoms with Gasteiger partial charge in [0.2, 0.25) is 0 Å². The highest BCUT2D eigenvalue weighted by atomic mass is 15.1. The summed E-state index contributed by atoms with van der Waals surface area (Å²) in [6.07, 6.45) is 37.1. The van der Waals surface area contributed by atoms with E-state index in [0.29, 0.717) is 0 Å². The molecule has 8 rings (SSSR count). The van der Waals surface area contributed by atoms with Gasteiger partial charge in [-0.25, -0.2) is 0 Å². The molecule has 0 aliphatic heterocycles. The zero-order chi connectivity index (χ0) is 58.4. The van der Waals surface area contributed by atoms with Crippen molar-refractivity contribution in [1.82, 2.24) is 0 Å². The van der Waals surface area contributed by atoms with Crippen LogP contribution in [-0.4, -0.2) is 7.05 Å². The topological polar surface area (TPSA) is 3.24 Å². The molecule has 6 aromatic rings. The van der Waals surface area contributed by atoms with E-state index in [2.05, 4.69) is 216 Å². The van der Waals surface area contributed by atoms with E-state index in [0.717, 1.165) is 0 Å². The molecule has 442 valence electrons. The Morgan fingerprint density at radius 2 is 0.622 bits per heavy atom. The van der Waals surface area contributed by atoms with Gasteiger partial charge in [-0.1, -0.05) is 321 Å². The lowest BCUT2D eigenvalue weighted by molar-refractivity contribution is 0.302. The largest absolute Gasteiger partial charge is 0.345 e. The van der Waals surface area contributed by atoms with Gasteiger partial charge in [-0.3, -0.25) is 0 Å². The summed E-state index contributed by atoms with van der Waals surface area (Å²) in [6, 6.07) is 50.9. The van der Waals surface area contributed by atoms with Crippen LogP contribution in [0.2, 0.25) is 0 Å². The molecule has 1 nitrogen and oxygen atoms in total. The summed E-state index contributed by atoms with van der Waals surface area (Å²) < 4.78 is 0. The normalized spacial score (nSPS) is 14.2. The van der Waals surface area contributed by atoms with Gasteiger partial charge < -0.3 is 4.90 Å². The first-order chi connectivity index (χ1) is 39.6. The number of hydrogen-bond acceptors (Lipinski definition) is 1. The molecule has 0 unspecified atom stereocenters. The van der Waals surface area contributed by atoms with E-state index in [1.165, 1.54) is 225 Å². The highest BCUT2D eigenvalue weighted by Gasteiger charge is 2.49. The Morgan fingerprint density at radius 3 is 1.02 bits per heavy atom. The Labute approximate surface area is 503 Å². The minimum atomic E-state index is -0.154. The summed E-state index contributed by atoms with van der Waals surface area (Å²) in [4.78, 5) is 2.33. The number of benzene rings is 6. The van der Waals surface area contributed by atoms with Crippen LogP contribution in [0.5, 0.6) is 0 Å². The van der Waals surface area contributed by atoms with Crippen LogP contribution in [0, 0.1) is 0 Å². The summed E-state index contributed by atoms with van der Waals surface area (Å²) in [7, 11) is 2.20. The van der Waals surface area contributed by atoms with Gasteiger partial charge in [-0.05, 0) is 151 Å². The molecule has 0 heterocycles. The Kier molecular flexibility index (Phi) is 22.2. The van der Waals surface area contributed by atoms with Crippen LogP contribution in [0.15, 0.2) is 127 Å². The first kappa shape index (κ1) is 63.1. The van der Waals surface area contributed by atoms with E-state index in [-0.39, 0.29) is 27.1 Å². The zero-order valence-electron chi connectivity index (χ0n) is 54.4. The summed E-state index contributed by atoms with van der Waals surface area (Å²) >= 11 is 0. The first-order valence-corrected chi connectivity index (χ1v) is 34.1. The lowest BCUT2D eigenvalue weighted by Gasteiger charge is -2.44. The lowest BCUT2D eigenvalue weighted by atomic mass is 9.60. The van der Waals surface area contributed by atoms with Crippen LogP contribution in [0.25, 0.3) is 33.4 Å². The smallest absolute Gasteiger partial charge is 0.0408 e. The number of rotatable bonds is 34. The minimum absolute atomic E-state index is 0.0215. The second-order valence-electron chi connectivity index (χ2n) is 28.2. The molecule has 2 aliphatic rings. The van der Waals surface area contributed by atoms with Crippen LogP contribution in [0.3, 0.4) is 0 Å². The van der Waals surface area contributed by atoms with Crippen LogP contribution in [0.1, 0.15) is 295 Å². The van der Waals surface area contributed by atoms with Gasteiger partial charge in [0.1, 0.15) is 0 Å². The lowest BCUT2D eigenvalue weighted by Crippen LogP contribution is -2.40. The van der Waals surface area contributed by atoms with Crippen molar-refractivity contribution in [2.24, 2.45) is 0 Å². The predicted molar refractivity (Wildman–Crippen MR) is 362 cm³/mol. The Morgan fingerprint density at radius 1 is 0.305 bits per heavy atom. The van der Waals surface area contributed by atoms with Crippen LogP contribution in [0.4, 0.5) is 11.4 Å². The molecule has 0 radical (unpaired) electrons. The maximum Gasteiger partial charge on any atom is 0.0408 e. The van der Waals surface area contributed by atoms with Crippen molar-refractivity contribution in [3.05, 3.63) is 166 Å². The summed E-state index contributed by atoms with van der Waals surface area (Å²) in [5.41, 5.74) is 21.9. The van der Waals surface area contributed by atoms with E-state index in [4.69, 9.17) is 0 Å². The van der Waals surface area contributed by atoms with Crippen LogP contribution < -0.4 is 4.90 Å². The minimum Gasteiger partial charge on any atom is -0.345 e. The van der Waals surface area contributed by atoms with E-state index < -0.39 is 0 Å². The third-order valence-electron chi connectivity index (χ3n) is 21.2. The van der Waals surface area contributed by atoms with Crippen LogP contribution >= 0.6 is 0 Å². The summed E-state index contributed by atoms with van der Waals surface area (Å²) in [5, 5.41) is 0. The molecule has 0 saturated heterocycles. The molecule has 6 aromatic carbocycles. The molecule has 0 spiro atoms. The van der Waals surface area contributed by atoms with Gasteiger partial charge in [0, 0.05) is 29.3 Å². The molecule has 0 amide bonds. The van der Waals surface area contributed by atoms with Crippen molar-refractivity contribution in [3.63, 3.8) is 0 Å². The van der Waals surface area contributed by atoms with Crippen LogP contribution in [-0.2, 0) is 27.1 Å². The number of nitrogens with zero attached hydrogens (tertiary/aromatic N) is 1. The fourth-order valence-corrected chi connectivity index (χ4v) is 15.0. The number of fused-ring (bicyclic) bond motifs is 6. The van der Waals surface area contributed by atoms with Crippen molar-refractivity contribution < 1.29 is 0 Å². The number of unbranched alkanes of at least 4 members (excludes halogenated alkanes) is 20. The maximum atomic E-state index is 2.86. The van der Waals surface area contributed by atoms with Gasteiger partial charge in [-0.15, -0.1) is 0 Å². The van der Waals surface area contributed by atoms with Crippen molar-refractivity contribution in [2.45, 2.75) is 283 Å². The average Bonchev–Trinajstić information content (AvgIpc) is 2.42. The summed E-state index contributed by atoms with van der Waals surface area (Å²) in [5.74, 6) is 0. The van der Waals surface area contributed by atoms with Crippen molar-refractivity contribution >= 4 is 11.4 Å². The molecule has 1 heteroatoms. The molecule has 0 atom stereocenters. The average molecular weight is 1100 g/mol. The van der Waals surface area contributed by atoms with Gasteiger partial charge in [0.15, 0.2) is 0 Å². The highest BCUT2D eigenvalue weighted by Crippen LogP contribution is 2.62. The molecule has 82 heavy (non-hydrogen) atoms. The second kappa shape index (κ2) is 28.8. The zero-order valence-corrected chi connectivity index (χ0v) is 54.4. The maximum absolute atomic E-state index is 2.86. The fourth-order valence-electron chi connectivity index (χ4n) is 15.0. The monoisotopic (exact) mass is 1100 g/mol. The predicted octanol–water partition coefficient (Wildman–Crippen LogP) is 25.2. The Balaban J connectivity index is 1.23. The van der Waals surface area contributed by atoms with Crippen molar-refractivity contribution in [3.8, 4) is 33.4 Å². The first-order valence-electron chi connectivity index (χ1n) is 34.1. The third-order valence-corrected chi connectivity index (χ3v) is 21.2. The SMILES string of the molecule is CCCCCCCCC1(CCCCCCCC)c2cc(C(C)(C)C)ccc2-c2cc3c(cc21)-c1ccc(C(C)(C)C(C)(C)c2ccc(N(C)c4ccc(-c5ccccc5)cc4)cc2)cc1C3(CCCCCCCC)CCCCCCCC. The molecule has 0 bridgehead atoms. The molecule has 0 fully saturated rings. The molecule has 0 saturated carbocycles. The van der Waals surface area contributed by atoms with Crippen molar-refractivity contribution in [1.29, 1.82) is 0 Å². The van der Waals surface area contributed by atoms with E-state index in [1.54, 1.807) is 38.9 Å². The van der Waals surface area contributed by atoms with E-state index >= 15 is 0 Å². The molecule has 0 aromatic heterocycles. The quantitative estimate of drug-likeness (QED) is 0.0364. The van der Waals surface area contributed by atoms with Gasteiger partial charge in [0.05, 0.1) is 0 Å². The third kappa shape index (κ3) is 13.9. The van der Waals surface area contributed by atoms with Crippen molar-refractivity contribution in [2.75, 3.05) is 11.9 Å². The van der Waals surface area contributed by atoms with E-state index in [9.17, 15) is 0 Å². The standard InChI is InChI=1S/C81H113N/c1-13-17-21-25-29-36-54-80(55-37-30-26-22-18-14-2)73-58-65(77(5,6)7)46-52-69(73)71-60-76-72(61-75(71)80)70-53-47-66(59-74(70)81(76,56-38-31-27-23-19-15-3)57-39-32-28-24-20-16-4)79(10,11)78(8,9)64-44-50-68(51-45-64)82(12)67-48-42-63(43-49-67)62-40-34-33-35-41-62/h33-35,40-53,58-61H,13-32,36-39,54-57H2,1-12H3. The van der Waals surface area contributed by atoms with Gasteiger partial charge >= 0.3 is 0 Å². The van der Waals surface area contributed by atoms with Gasteiger partial charge in [-0.2, -0.15) is 0 Å². The number of anilines is 2. The highest BCUT2D eigenvalue weighted by molar-refractivity contribution is 5.90. The Hall–Kier alpha value is -4.88. The number of hydrogen-bond donors (Lipinski definition) is 0. The molecular formula is C81H113N.